The maximum absolute atomic E-state index is 2.52. The van der Waals surface area contributed by atoms with E-state index >= 15 is 0 Å². The average molecular weight is 195 g/mol. The Morgan fingerprint density at radius 1 is 1.80 bits per heavy atom. The van der Waals surface area contributed by atoms with E-state index in [2.05, 4.69) is 3.95 Å². The summed E-state index contributed by atoms with van der Waals surface area (Å²) in [6, 6.07) is 0. The molecular weight excluding hydrogens is 189 g/mol. The predicted molar refractivity (Wildman–Crippen MR) is 29.6 cm³/mol. The average Bonchev–Trinajstić information content (AvgIpc) is 1.76. The van der Waals surface area contributed by atoms with E-state index in [9.17, 15) is 0 Å². The topological polar surface area (TPSA) is 0 Å². The quantitative estimate of drug-likeness (QED) is 0.389. The van der Waals surface area contributed by atoms with Crippen molar-refractivity contribution in [2.24, 2.45) is 0 Å². The Balaban J connectivity index is 2.64. The van der Waals surface area contributed by atoms with Gasteiger partial charge in [-0.3, -0.25) is 0 Å². The van der Waals surface area contributed by atoms with Gasteiger partial charge in [-0.15, -0.1) is 0 Å². The van der Waals surface area contributed by atoms with E-state index in [1.165, 1.54) is 12.6 Å². The third kappa shape index (κ3) is 1.24. The van der Waals surface area contributed by atoms with E-state index in [1.807, 2.05) is 0 Å². The Hall–Kier alpha value is 0.988. The van der Waals surface area contributed by atoms with Gasteiger partial charge in [0, 0.05) is 0 Å². The van der Waals surface area contributed by atoms with Crippen LogP contribution in [-0.4, -0.2) is 30.2 Å². The van der Waals surface area contributed by atoms with Gasteiger partial charge in [0.1, 0.15) is 0 Å². The van der Waals surface area contributed by atoms with Crippen molar-refractivity contribution in [3.05, 3.63) is 0 Å². The minimum atomic E-state index is 0.176. The van der Waals surface area contributed by atoms with Crippen LogP contribution < -0.4 is 0 Å². The molecule has 0 amide bonds. The van der Waals surface area contributed by atoms with Gasteiger partial charge in [-0.2, -0.15) is 0 Å². The first kappa shape index (κ1) is 4.16. The van der Waals surface area contributed by atoms with Crippen molar-refractivity contribution in [2.45, 2.75) is 6.42 Å². The first-order valence-corrected chi connectivity index (χ1v) is 8.29. The number of hydrogen-bond acceptors (Lipinski definition) is 0. The normalized spacial score (nSPS) is 22.4. The Morgan fingerprint density at radius 3 is 3.00 bits per heavy atom. The maximum atomic E-state index is 2.52. The summed E-state index contributed by atoms with van der Waals surface area (Å²) in [6.45, 7) is 0. The fourth-order valence-electron chi connectivity index (χ4n) is 0.323. The monoisotopic (exact) mass is 194 g/mol. The van der Waals surface area contributed by atoms with Gasteiger partial charge in [0.2, 0.25) is 0 Å². The van der Waals surface area contributed by atoms with E-state index < -0.39 is 0 Å². The van der Waals surface area contributed by atoms with Crippen LogP contribution >= 0.6 is 5.69 Å². The SMILES string of the molecule is [CH]1=[SbH]=[P]CC1. The Bertz CT molecular complexity index is 72.9. The zero-order chi connectivity index (χ0) is 3.54. The van der Waals surface area contributed by atoms with Crippen LogP contribution in [0.2, 0.25) is 0 Å². The summed E-state index contributed by atoms with van der Waals surface area (Å²) in [5.74, 6) is 0. The third-order valence-electron chi connectivity index (χ3n) is 0.568. The zero-order valence-corrected chi connectivity index (χ0v) is 6.69. The van der Waals surface area contributed by atoms with E-state index in [0.717, 1.165) is 0 Å². The molecule has 1 rings (SSSR count). The predicted octanol–water partition coefficient (Wildman–Crippen LogP) is 0.490. The third-order valence-corrected chi connectivity index (χ3v) is 7.28. The van der Waals surface area contributed by atoms with Crippen molar-refractivity contribution in [2.75, 3.05) is 6.16 Å². The summed E-state index contributed by atoms with van der Waals surface area (Å²) in [5.41, 5.74) is 1.81. The molecule has 0 saturated carbocycles. The van der Waals surface area contributed by atoms with Gasteiger partial charge < -0.3 is 0 Å². The summed E-state index contributed by atoms with van der Waals surface area (Å²) in [7, 11) is 0. The van der Waals surface area contributed by atoms with Crippen LogP contribution in [0.1, 0.15) is 6.42 Å². The molecule has 0 aromatic heterocycles. The van der Waals surface area contributed by atoms with Crippen LogP contribution in [0.5, 0.6) is 0 Å². The molecule has 0 nitrogen and oxygen atoms in total. The molecule has 5 heavy (non-hydrogen) atoms. The fraction of sp³-hybridized carbons (Fsp3) is 0.667. The first-order valence-electron chi connectivity index (χ1n) is 1.74. The molecule has 1 aliphatic rings. The molecule has 0 aromatic rings. The molecule has 0 unspecified atom stereocenters. The van der Waals surface area contributed by atoms with Crippen LogP contribution in [0, 0.1) is 0 Å². The molecule has 0 saturated heterocycles. The van der Waals surface area contributed by atoms with Gasteiger partial charge in [0.05, 0.1) is 0 Å². The van der Waals surface area contributed by atoms with Crippen LogP contribution in [0.25, 0.3) is 0 Å². The van der Waals surface area contributed by atoms with Gasteiger partial charge in [0.25, 0.3) is 0 Å². The molecule has 0 aliphatic carbocycles. The van der Waals surface area contributed by atoms with Gasteiger partial charge in [0.15, 0.2) is 0 Å². The summed E-state index contributed by atoms with van der Waals surface area (Å²) < 4.78 is 2.52. The molecule has 0 fully saturated rings. The first-order chi connectivity index (χ1) is 2.50. The molecule has 0 radical (unpaired) electrons. The second-order valence-corrected chi connectivity index (χ2v) is 8.11. The van der Waals surface area contributed by atoms with Crippen LogP contribution in [0.3, 0.4) is 0 Å². The van der Waals surface area contributed by atoms with E-state index in [0.29, 0.717) is 0 Å². The Morgan fingerprint density at radius 2 is 2.80 bits per heavy atom. The van der Waals surface area contributed by atoms with Crippen molar-refractivity contribution in [1.82, 2.24) is 0 Å². The molecule has 0 spiro atoms. The van der Waals surface area contributed by atoms with E-state index in [-0.39, 0.29) is 20.1 Å². The summed E-state index contributed by atoms with van der Waals surface area (Å²) in [4.78, 5) is 0. The summed E-state index contributed by atoms with van der Waals surface area (Å²) >= 11 is 0.176. The molecule has 0 N–H and O–H groups in total. The number of hydrogen-bond donors (Lipinski definition) is 0. The standard InChI is InChI=1S/C3H5P.Sb.H/c1-2-3-4;;/h1H,2-3H2;;. The second-order valence-electron chi connectivity index (χ2n) is 1.00. The van der Waals surface area contributed by atoms with Gasteiger partial charge >= 0.3 is 42.3 Å². The van der Waals surface area contributed by atoms with Crippen molar-refractivity contribution in [3.63, 3.8) is 0 Å². The molecule has 0 atom stereocenters. The van der Waals surface area contributed by atoms with Gasteiger partial charge in [-0.1, -0.05) is 0 Å². The summed E-state index contributed by atoms with van der Waals surface area (Å²) in [5, 5.41) is 0. The van der Waals surface area contributed by atoms with Crippen molar-refractivity contribution < 1.29 is 0 Å². The van der Waals surface area contributed by atoms with Crippen molar-refractivity contribution in [3.8, 4) is 0 Å². The van der Waals surface area contributed by atoms with Crippen molar-refractivity contribution >= 4 is 29.7 Å². The zero-order valence-electron chi connectivity index (χ0n) is 2.94. The molecule has 2 heteroatoms. The van der Waals surface area contributed by atoms with E-state index in [4.69, 9.17) is 0 Å². The second kappa shape index (κ2) is 2.21. The minimum absolute atomic E-state index is 0.176. The van der Waals surface area contributed by atoms with Gasteiger partial charge in [-0.05, 0) is 0 Å². The molecule has 0 aromatic carbocycles. The van der Waals surface area contributed by atoms with E-state index in [1.54, 1.807) is 5.69 Å². The van der Waals surface area contributed by atoms with Crippen molar-refractivity contribution in [1.29, 1.82) is 0 Å². The van der Waals surface area contributed by atoms with Crippen LogP contribution in [0.15, 0.2) is 0 Å². The summed E-state index contributed by atoms with van der Waals surface area (Å²) in [6.07, 6.45) is 2.93. The molecule has 1 heterocycles. The molecular formula is C3H6PSb. The Kier molecular flexibility index (Phi) is 1.84. The van der Waals surface area contributed by atoms with Crippen LogP contribution in [0.4, 0.5) is 0 Å². The van der Waals surface area contributed by atoms with Crippen LogP contribution in [-0.2, 0) is 0 Å². The molecule has 1 aliphatic heterocycles. The fourth-order valence-corrected chi connectivity index (χ4v) is 6.50. The Labute approximate surface area is 42.5 Å². The molecule has 28 valence electrons. The molecule has 0 bridgehead atoms. The number of rotatable bonds is 0. The van der Waals surface area contributed by atoms with Gasteiger partial charge in [-0.25, -0.2) is 0 Å².